The Bertz CT molecular complexity index is 422. The highest BCUT2D eigenvalue weighted by Crippen LogP contribution is 2.23. The molecule has 0 amide bonds. The number of benzene rings is 1. The molecular weight excluding hydrogens is 249 g/mol. The molecule has 0 radical (unpaired) electrons. The summed E-state index contributed by atoms with van der Waals surface area (Å²) in [5, 5.41) is 0.749. The lowest BCUT2D eigenvalue weighted by molar-refractivity contribution is 1.05. The zero-order valence-corrected chi connectivity index (χ0v) is 9.09. The van der Waals surface area contributed by atoms with Gasteiger partial charge in [0.1, 0.15) is 0 Å². The minimum Gasteiger partial charge on any atom is -0.310 e. The van der Waals surface area contributed by atoms with Crippen LogP contribution in [-0.4, -0.2) is 4.57 Å². The molecule has 3 heteroatoms. The van der Waals surface area contributed by atoms with Crippen molar-refractivity contribution in [3.8, 4) is 5.69 Å². The van der Waals surface area contributed by atoms with Crippen LogP contribution in [0.3, 0.4) is 0 Å². The average Bonchev–Trinajstić information content (AvgIpc) is 2.52. The lowest BCUT2D eigenvalue weighted by atomic mass is 10.3. The summed E-state index contributed by atoms with van der Waals surface area (Å²) >= 11 is 9.49. The molecule has 1 aromatic heterocycles. The van der Waals surface area contributed by atoms with Crippen LogP contribution in [0.25, 0.3) is 5.69 Å². The Morgan fingerprint density at radius 2 is 1.85 bits per heavy atom. The maximum atomic E-state index is 6.05. The third kappa shape index (κ3) is 1.64. The van der Waals surface area contributed by atoms with E-state index in [9.17, 15) is 0 Å². The number of nitrogens with zero attached hydrogens (tertiary/aromatic N) is 1. The zero-order valence-electron chi connectivity index (χ0n) is 6.74. The van der Waals surface area contributed by atoms with Gasteiger partial charge in [-0.05, 0) is 40.2 Å². The zero-order chi connectivity index (χ0) is 9.26. The van der Waals surface area contributed by atoms with Gasteiger partial charge in [-0.15, -0.1) is 0 Å². The standard InChI is InChI=1S/C10H7BrClN/c11-10-6-3-7-13(10)9-5-2-1-4-8(9)12/h1-7H. The minimum atomic E-state index is 0.749. The smallest absolute Gasteiger partial charge is 0.0892 e. The molecule has 0 unspecified atom stereocenters. The molecule has 2 aromatic rings. The minimum absolute atomic E-state index is 0.749. The first kappa shape index (κ1) is 8.85. The normalized spacial score (nSPS) is 10.3. The third-order valence-corrected chi connectivity index (χ3v) is 2.78. The fraction of sp³-hybridized carbons (Fsp3) is 0. The topological polar surface area (TPSA) is 4.93 Å². The molecule has 0 spiro atoms. The van der Waals surface area contributed by atoms with Crippen LogP contribution in [0.15, 0.2) is 47.2 Å². The summed E-state index contributed by atoms with van der Waals surface area (Å²) in [7, 11) is 0. The Morgan fingerprint density at radius 3 is 2.46 bits per heavy atom. The summed E-state index contributed by atoms with van der Waals surface area (Å²) in [5.41, 5.74) is 0.987. The molecule has 0 aliphatic carbocycles. The molecule has 1 heterocycles. The first-order valence-electron chi connectivity index (χ1n) is 3.87. The maximum absolute atomic E-state index is 6.05. The van der Waals surface area contributed by atoms with Gasteiger partial charge >= 0.3 is 0 Å². The van der Waals surface area contributed by atoms with Crippen LogP contribution < -0.4 is 0 Å². The van der Waals surface area contributed by atoms with E-state index in [-0.39, 0.29) is 0 Å². The van der Waals surface area contributed by atoms with Gasteiger partial charge in [0.2, 0.25) is 0 Å². The highest BCUT2D eigenvalue weighted by molar-refractivity contribution is 9.10. The molecule has 0 fully saturated rings. The van der Waals surface area contributed by atoms with Crippen LogP contribution in [0, 0.1) is 0 Å². The van der Waals surface area contributed by atoms with Crippen LogP contribution in [0.1, 0.15) is 0 Å². The van der Waals surface area contributed by atoms with E-state index < -0.39 is 0 Å². The number of para-hydroxylation sites is 1. The van der Waals surface area contributed by atoms with Crippen molar-refractivity contribution in [1.82, 2.24) is 4.57 Å². The fourth-order valence-electron chi connectivity index (χ4n) is 1.20. The van der Waals surface area contributed by atoms with Gasteiger partial charge in [0.15, 0.2) is 0 Å². The molecule has 0 N–H and O–H groups in total. The van der Waals surface area contributed by atoms with E-state index in [1.165, 1.54) is 0 Å². The van der Waals surface area contributed by atoms with Gasteiger partial charge in [-0.2, -0.15) is 0 Å². The van der Waals surface area contributed by atoms with E-state index in [2.05, 4.69) is 15.9 Å². The SMILES string of the molecule is Clc1ccccc1-n1cccc1Br. The number of aromatic nitrogens is 1. The lowest BCUT2D eigenvalue weighted by Crippen LogP contribution is -1.91. The number of rotatable bonds is 1. The molecule has 1 nitrogen and oxygen atoms in total. The molecule has 0 aliphatic rings. The van der Waals surface area contributed by atoms with Crippen LogP contribution >= 0.6 is 27.5 Å². The van der Waals surface area contributed by atoms with E-state index >= 15 is 0 Å². The Balaban J connectivity index is 2.59. The Kier molecular flexibility index (Phi) is 2.42. The van der Waals surface area contributed by atoms with Crippen molar-refractivity contribution in [2.45, 2.75) is 0 Å². The quantitative estimate of drug-likeness (QED) is 0.729. The Labute approximate surface area is 90.1 Å². The van der Waals surface area contributed by atoms with Crippen molar-refractivity contribution < 1.29 is 0 Å². The molecule has 0 saturated carbocycles. The Morgan fingerprint density at radius 1 is 1.08 bits per heavy atom. The van der Waals surface area contributed by atoms with E-state index in [0.29, 0.717) is 0 Å². The lowest BCUT2D eigenvalue weighted by Gasteiger charge is -2.06. The first-order valence-corrected chi connectivity index (χ1v) is 5.04. The molecule has 0 atom stereocenters. The number of hydrogen-bond donors (Lipinski definition) is 0. The van der Waals surface area contributed by atoms with Gasteiger partial charge in [0.25, 0.3) is 0 Å². The average molecular weight is 257 g/mol. The van der Waals surface area contributed by atoms with Crippen LogP contribution in [0.4, 0.5) is 0 Å². The molecule has 1 aromatic carbocycles. The first-order chi connectivity index (χ1) is 6.29. The molecule has 13 heavy (non-hydrogen) atoms. The van der Waals surface area contributed by atoms with Crippen molar-refractivity contribution in [1.29, 1.82) is 0 Å². The predicted octanol–water partition coefficient (Wildman–Crippen LogP) is 3.89. The van der Waals surface area contributed by atoms with E-state index in [4.69, 9.17) is 11.6 Å². The third-order valence-electron chi connectivity index (χ3n) is 1.81. The summed E-state index contributed by atoms with van der Waals surface area (Å²) in [6.45, 7) is 0. The van der Waals surface area contributed by atoms with E-state index in [0.717, 1.165) is 15.3 Å². The van der Waals surface area contributed by atoms with Crippen molar-refractivity contribution in [3.63, 3.8) is 0 Å². The van der Waals surface area contributed by atoms with Crippen molar-refractivity contribution >= 4 is 27.5 Å². The van der Waals surface area contributed by atoms with Crippen molar-refractivity contribution in [2.75, 3.05) is 0 Å². The van der Waals surface area contributed by atoms with Gasteiger partial charge in [-0.25, -0.2) is 0 Å². The molecule has 0 bridgehead atoms. The summed E-state index contributed by atoms with van der Waals surface area (Å²) in [6.07, 6.45) is 1.96. The van der Waals surface area contributed by atoms with Gasteiger partial charge in [-0.1, -0.05) is 23.7 Å². The highest BCUT2D eigenvalue weighted by atomic mass is 79.9. The fourth-order valence-corrected chi connectivity index (χ4v) is 1.89. The molecule has 0 saturated heterocycles. The number of halogens is 2. The molecule has 2 rings (SSSR count). The van der Waals surface area contributed by atoms with Crippen LogP contribution in [0.2, 0.25) is 5.02 Å². The van der Waals surface area contributed by atoms with Gasteiger partial charge in [-0.3, -0.25) is 0 Å². The summed E-state index contributed by atoms with van der Waals surface area (Å²) in [6, 6.07) is 11.7. The van der Waals surface area contributed by atoms with Gasteiger partial charge in [0.05, 0.1) is 15.3 Å². The van der Waals surface area contributed by atoms with Gasteiger partial charge in [0, 0.05) is 6.20 Å². The van der Waals surface area contributed by atoms with Gasteiger partial charge < -0.3 is 4.57 Å². The summed E-state index contributed by atoms with van der Waals surface area (Å²) in [5.74, 6) is 0. The highest BCUT2D eigenvalue weighted by Gasteiger charge is 2.02. The molecular formula is C10H7BrClN. The van der Waals surface area contributed by atoms with E-state index in [1.807, 2.05) is 47.2 Å². The molecule has 66 valence electrons. The second-order valence-corrected chi connectivity index (χ2v) is 3.87. The van der Waals surface area contributed by atoms with Crippen molar-refractivity contribution in [2.24, 2.45) is 0 Å². The monoisotopic (exact) mass is 255 g/mol. The van der Waals surface area contributed by atoms with Crippen LogP contribution in [-0.2, 0) is 0 Å². The maximum Gasteiger partial charge on any atom is 0.0892 e. The predicted molar refractivity (Wildman–Crippen MR) is 58.5 cm³/mol. The second-order valence-electron chi connectivity index (χ2n) is 2.65. The summed E-state index contributed by atoms with van der Waals surface area (Å²) in [4.78, 5) is 0. The summed E-state index contributed by atoms with van der Waals surface area (Å²) < 4.78 is 2.99. The van der Waals surface area contributed by atoms with Crippen molar-refractivity contribution in [3.05, 3.63) is 52.2 Å². The van der Waals surface area contributed by atoms with E-state index in [1.54, 1.807) is 0 Å². The van der Waals surface area contributed by atoms with Crippen LogP contribution in [0.5, 0.6) is 0 Å². The molecule has 0 aliphatic heterocycles. The largest absolute Gasteiger partial charge is 0.310 e. The Hall–Kier alpha value is -0.730. The second kappa shape index (κ2) is 3.56. The number of hydrogen-bond acceptors (Lipinski definition) is 0.